The van der Waals surface area contributed by atoms with Crippen LogP contribution in [0.3, 0.4) is 0 Å². The Kier molecular flexibility index (Phi) is 11.1. The van der Waals surface area contributed by atoms with Crippen LogP contribution in [0.5, 0.6) is 5.75 Å². The van der Waals surface area contributed by atoms with Crippen molar-refractivity contribution in [2.75, 3.05) is 39.8 Å². The largest absolute Gasteiger partial charge is 0.497 e. The van der Waals surface area contributed by atoms with Gasteiger partial charge in [-0.1, -0.05) is 12.1 Å². The molecule has 14 heteroatoms. The molecule has 8 nitrogen and oxygen atoms in total. The Labute approximate surface area is 220 Å². The summed E-state index contributed by atoms with van der Waals surface area (Å²) in [6, 6.07) is 11.3. The zero-order valence-electron chi connectivity index (χ0n) is 20.8. The molecule has 3 rings (SSSR count). The molecule has 39 heavy (non-hydrogen) atoms. The fraction of sp³-hybridized carbons (Fsp3) is 0.400. The highest BCUT2D eigenvalue weighted by molar-refractivity contribution is 5.94. The van der Waals surface area contributed by atoms with Gasteiger partial charge in [0.1, 0.15) is 5.75 Å². The number of amides is 2. The number of piperazine rings is 1. The van der Waals surface area contributed by atoms with Gasteiger partial charge in [-0.25, -0.2) is 4.79 Å². The van der Waals surface area contributed by atoms with E-state index in [9.17, 15) is 35.9 Å². The summed E-state index contributed by atoms with van der Waals surface area (Å²) in [6.45, 7) is 3.03. The zero-order chi connectivity index (χ0) is 29.2. The van der Waals surface area contributed by atoms with Gasteiger partial charge in [0.25, 0.3) is 5.91 Å². The maximum absolute atomic E-state index is 13.1. The van der Waals surface area contributed by atoms with Crippen LogP contribution in [-0.4, -0.2) is 78.7 Å². The molecule has 0 spiro atoms. The Morgan fingerprint density at radius 1 is 1.00 bits per heavy atom. The molecule has 0 radical (unpaired) electrons. The second kappa shape index (κ2) is 13.8. The van der Waals surface area contributed by atoms with Crippen molar-refractivity contribution >= 4 is 17.8 Å². The monoisotopic (exact) mass is 563 g/mol. The van der Waals surface area contributed by atoms with Crippen LogP contribution in [0.1, 0.15) is 27.9 Å². The number of aliphatic carboxylic acids is 1. The normalized spacial score (nSPS) is 13.7. The highest BCUT2D eigenvalue weighted by Crippen LogP contribution is 2.29. The predicted octanol–water partition coefficient (Wildman–Crippen LogP) is 3.81. The van der Waals surface area contributed by atoms with Gasteiger partial charge >= 0.3 is 18.3 Å². The number of benzene rings is 2. The Morgan fingerprint density at radius 3 is 2.10 bits per heavy atom. The number of rotatable bonds is 7. The second-order valence-corrected chi connectivity index (χ2v) is 8.34. The molecule has 2 aromatic rings. The van der Waals surface area contributed by atoms with Gasteiger partial charge in [-0.05, 0) is 42.0 Å². The Bertz CT molecular complexity index is 1120. The lowest BCUT2D eigenvalue weighted by molar-refractivity contribution is -0.192. The minimum atomic E-state index is -5.08. The first kappa shape index (κ1) is 31.4. The summed E-state index contributed by atoms with van der Waals surface area (Å²) < 4.78 is 75.6. The molecule has 0 aromatic heterocycles. The molecule has 1 aliphatic heterocycles. The van der Waals surface area contributed by atoms with Crippen molar-refractivity contribution in [3.8, 4) is 5.75 Å². The Balaban J connectivity index is 0.000000673. The van der Waals surface area contributed by atoms with Crippen LogP contribution >= 0.6 is 0 Å². The van der Waals surface area contributed by atoms with E-state index in [-0.39, 0.29) is 31.0 Å². The molecule has 214 valence electrons. The van der Waals surface area contributed by atoms with E-state index >= 15 is 0 Å². The average molecular weight is 563 g/mol. The number of halogens is 6. The molecule has 0 saturated carbocycles. The first-order valence-corrected chi connectivity index (χ1v) is 11.6. The van der Waals surface area contributed by atoms with Crippen molar-refractivity contribution in [3.63, 3.8) is 0 Å². The molecular formula is C25H27F6N3O5. The van der Waals surface area contributed by atoms with Gasteiger partial charge in [0.05, 0.1) is 12.7 Å². The maximum Gasteiger partial charge on any atom is 0.490 e. The van der Waals surface area contributed by atoms with E-state index in [1.807, 2.05) is 6.07 Å². The third kappa shape index (κ3) is 10.1. The highest BCUT2D eigenvalue weighted by Gasteiger charge is 2.38. The highest BCUT2D eigenvalue weighted by atomic mass is 19.4. The smallest absolute Gasteiger partial charge is 0.490 e. The molecule has 1 saturated heterocycles. The van der Waals surface area contributed by atoms with Crippen LogP contribution in [0.15, 0.2) is 48.5 Å². The van der Waals surface area contributed by atoms with E-state index in [0.717, 1.165) is 30.8 Å². The van der Waals surface area contributed by atoms with Crippen LogP contribution in [-0.2, 0) is 22.3 Å². The van der Waals surface area contributed by atoms with Crippen molar-refractivity contribution in [1.29, 1.82) is 0 Å². The van der Waals surface area contributed by atoms with Gasteiger partial charge in [-0.2, -0.15) is 26.3 Å². The third-order valence-corrected chi connectivity index (χ3v) is 5.56. The molecule has 2 amide bonds. The lowest BCUT2D eigenvalue weighted by Crippen LogP contribution is -2.47. The van der Waals surface area contributed by atoms with Crippen molar-refractivity contribution in [2.24, 2.45) is 0 Å². The molecule has 2 aromatic carbocycles. The van der Waals surface area contributed by atoms with Crippen molar-refractivity contribution < 1.29 is 50.6 Å². The number of methoxy groups -OCH3 is 1. The fourth-order valence-corrected chi connectivity index (χ4v) is 3.53. The number of carboxylic acids is 1. The van der Waals surface area contributed by atoms with E-state index in [0.29, 0.717) is 18.8 Å². The van der Waals surface area contributed by atoms with Crippen LogP contribution in [0.25, 0.3) is 0 Å². The number of nitrogens with zero attached hydrogens (tertiary/aromatic N) is 2. The molecule has 1 heterocycles. The average Bonchev–Trinajstić information content (AvgIpc) is 2.90. The van der Waals surface area contributed by atoms with Gasteiger partial charge in [-0.15, -0.1) is 0 Å². The lowest BCUT2D eigenvalue weighted by atomic mass is 10.1. The number of hydrogen-bond donors (Lipinski definition) is 2. The summed E-state index contributed by atoms with van der Waals surface area (Å²) in [5, 5.41) is 10.3. The summed E-state index contributed by atoms with van der Waals surface area (Å²) in [4.78, 5) is 37.8. The molecule has 0 bridgehead atoms. The minimum Gasteiger partial charge on any atom is -0.497 e. The molecule has 0 aliphatic carbocycles. The summed E-state index contributed by atoms with van der Waals surface area (Å²) in [5.41, 5.74) is 0.108. The number of carbonyl (C=O) groups excluding carboxylic acids is 2. The first-order valence-electron chi connectivity index (χ1n) is 11.6. The number of alkyl halides is 6. The molecule has 1 fully saturated rings. The topological polar surface area (TPSA) is 99.2 Å². The van der Waals surface area contributed by atoms with Crippen molar-refractivity contribution in [2.45, 2.75) is 25.3 Å². The lowest BCUT2D eigenvalue weighted by Gasteiger charge is -2.29. The van der Waals surface area contributed by atoms with E-state index < -0.39 is 29.8 Å². The van der Waals surface area contributed by atoms with Gasteiger partial charge in [0, 0.05) is 51.3 Å². The second-order valence-electron chi connectivity index (χ2n) is 8.34. The molecule has 2 N–H and O–H groups in total. The van der Waals surface area contributed by atoms with Crippen LogP contribution < -0.4 is 10.1 Å². The number of ether oxygens (including phenoxy) is 1. The Hall–Kier alpha value is -3.81. The quantitative estimate of drug-likeness (QED) is 0.498. The van der Waals surface area contributed by atoms with Gasteiger partial charge in [-0.3, -0.25) is 9.59 Å². The molecule has 0 atom stereocenters. The molecule has 1 aliphatic rings. The summed E-state index contributed by atoms with van der Waals surface area (Å²) >= 11 is 0. The maximum atomic E-state index is 13.1. The van der Waals surface area contributed by atoms with E-state index in [1.54, 1.807) is 23.1 Å². The summed E-state index contributed by atoms with van der Waals surface area (Å²) in [6.07, 6.45) is -9.42. The Morgan fingerprint density at radius 2 is 1.59 bits per heavy atom. The van der Waals surface area contributed by atoms with Crippen molar-refractivity contribution in [1.82, 2.24) is 15.1 Å². The van der Waals surface area contributed by atoms with E-state index in [4.69, 9.17) is 14.6 Å². The number of carbonyl (C=O) groups is 3. The molecular weight excluding hydrogens is 536 g/mol. The van der Waals surface area contributed by atoms with Gasteiger partial charge in [0.15, 0.2) is 0 Å². The van der Waals surface area contributed by atoms with Gasteiger partial charge in [0.2, 0.25) is 5.91 Å². The first-order chi connectivity index (χ1) is 18.2. The zero-order valence-corrected chi connectivity index (χ0v) is 20.8. The summed E-state index contributed by atoms with van der Waals surface area (Å²) in [7, 11) is 1.54. The van der Waals surface area contributed by atoms with Crippen LogP contribution in [0.4, 0.5) is 26.3 Å². The third-order valence-electron chi connectivity index (χ3n) is 5.56. The van der Waals surface area contributed by atoms with Crippen molar-refractivity contribution in [3.05, 3.63) is 65.2 Å². The predicted molar refractivity (Wildman–Crippen MR) is 127 cm³/mol. The minimum absolute atomic E-state index is 0.0534. The van der Waals surface area contributed by atoms with Gasteiger partial charge < -0.3 is 25.0 Å². The van der Waals surface area contributed by atoms with Crippen LogP contribution in [0, 0.1) is 0 Å². The number of nitrogens with one attached hydrogen (secondary N) is 1. The van der Waals surface area contributed by atoms with E-state index in [2.05, 4.69) is 5.32 Å². The number of carboxylic acid groups (broad SMARTS) is 1. The fourth-order valence-electron chi connectivity index (χ4n) is 3.53. The summed E-state index contributed by atoms with van der Waals surface area (Å²) in [5.74, 6) is -2.62. The standard InChI is InChI=1S/C23H26F3N3O3.C2HF3O2/c1-32-20-4-2-3-17(15-20)16-29(12-9-21(30)28-13-10-27-11-14-28)22(31)18-5-7-19(8-6-18)23(24,25)26;3-2(4,5)1(6)7/h2-8,15,27H,9-14,16H2,1H3;(H,6,7). The van der Waals surface area contributed by atoms with E-state index in [1.165, 1.54) is 24.1 Å². The number of hydrogen-bond acceptors (Lipinski definition) is 5. The van der Waals surface area contributed by atoms with Crippen LogP contribution in [0.2, 0.25) is 0 Å². The SMILES string of the molecule is COc1cccc(CN(CCC(=O)N2CCNCC2)C(=O)c2ccc(C(F)(F)F)cc2)c1.O=C(O)C(F)(F)F. The molecule has 0 unspecified atom stereocenters.